The van der Waals surface area contributed by atoms with Gasteiger partial charge in [-0.3, -0.25) is 4.40 Å². The maximum atomic E-state index is 13.0. The number of benzene rings is 2. The molecular formula is C22H20N2O4. The highest BCUT2D eigenvalue weighted by Gasteiger charge is 2.26. The fraction of sp³-hybridized carbons (Fsp3) is 0.182. The molecule has 6 heteroatoms. The van der Waals surface area contributed by atoms with E-state index in [2.05, 4.69) is 0 Å². The lowest BCUT2D eigenvalue weighted by Crippen LogP contribution is -2.07. The molecule has 2 aromatic carbocycles. The number of imidazole rings is 1. The number of carbonyl (C=O) groups is 2. The number of rotatable bonds is 5. The SMILES string of the molecule is CCOC(=O)c1cn(C)c2c(C(=O)OCc3ccccc3)c3ccccc3n12. The number of esters is 2. The zero-order chi connectivity index (χ0) is 19.7. The van der Waals surface area contributed by atoms with E-state index in [1.54, 1.807) is 29.1 Å². The molecule has 0 atom stereocenters. The van der Waals surface area contributed by atoms with Gasteiger partial charge >= 0.3 is 11.9 Å². The van der Waals surface area contributed by atoms with Crippen LogP contribution in [-0.4, -0.2) is 27.5 Å². The number of hydrogen-bond acceptors (Lipinski definition) is 4. The molecule has 0 aliphatic rings. The predicted octanol–water partition coefficient (Wildman–Crippen LogP) is 3.96. The van der Waals surface area contributed by atoms with E-state index in [9.17, 15) is 9.59 Å². The van der Waals surface area contributed by atoms with Gasteiger partial charge in [0, 0.05) is 18.6 Å². The van der Waals surface area contributed by atoms with Gasteiger partial charge in [-0.25, -0.2) is 9.59 Å². The molecule has 4 rings (SSSR count). The number of ether oxygens (including phenoxy) is 2. The Bertz CT molecular complexity index is 1170. The van der Waals surface area contributed by atoms with Crippen LogP contribution in [0.1, 0.15) is 33.3 Å². The minimum atomic E-state index is -0.432. The Kier molecular flexibility index (Phi) is 4.61. The van der Waals surface area contributed by atoms with Crippen molar-refractivity contribution in [3.8, 4) is 0 Å². The van der Waals surface area contributed by atoms with Gasteiger partial charge in [0.1, 0.15) is 23.5 Å². The van der Waals surface area contributed by atoms with Crippen molar-refractivity contribution in [2.75, 3.05) is 6.61 Å². The number of carbonyl (C=O) groups excluding carboxylic acids is 2. The smallest absolute Gasteiger partial charge is 0.356 e. The van der Waals surface area contributed by atoms with E-state index < -0.39 is 11.9 Å². The molecule has 0 radical (unpaired) electrons. The summed E-state index contributed by atoms with van der Waals surface area (Å²) < 4.78 is 14.3. The highest BCUT2D eigenvalue weighted by atomic mass is 16.5. The minimum Gasteiger partial charge on any atom is -0.461 e. The Morgan fingerprint density at radius 2 is 1.64 bits per heavy atom. The summed E-state index contributed by atoms with van der Waals surface area (Å²) in [5.41, 5.74) is 3.08. The molecule has 28 heavy (non-hydrogen) atoms. The van der Waals surface area contributed by atoms with Crippen molar-refractivity contribution in [2.24, 2.45) is 7.05 Å². The molecular weight excluding hydrogens is 356 g/mol. The van der Waals surface area contributed by atoms with Gasteiger partial charge < -0.3 is 14.0 Å². The van der Waals surface area contributed by atoms with Gasteiger partial charge in [-0.1, -0.05) is 48.5 Å². The van der Waals surface area contributed by atoms with Crippen LogP contribution < -0.4 is 0 Å². The molecule has 0 bridgehead atoms. The Hall–Kier alpha value is -3.54. The van der Waals surface area contributed by atoms with E-state index in [0.29, 0.717) is 16.9 Å². The maximum Gasteiger partial charge on any atom is 0.356 e. The zero-order valence-electron chi connectivity index (χ0n) is 15.7. The maximum absolute atomic E-state index is 13.0. The van der Waals surface area contributed by atoms with Crippen LogP contribution in [-0.2, 0) is 23.1 Å². The first-order valence-electron chi connectivity index (χ1n) is 9.08. The number of para-hydroxylation sites is 1. The number of fused-ring (bicyclic) bond motifs is 3. The Balaban J connectivity index is 1.83. The van der Waals surface area contributed by atoms with Crippen molar-refractivity contribution >= 4 is 28.5 Å². The third-order valence-corrected chi connectivity index (χ3v) is 4.64. The van der Waals surface area contributed by atoms with E-state index >= 15 is 0 Å². The van der Waals surface area contributed by atoms with Gasteiger partial charge in [0.05, 0.1) is 12.1 Å². The second-order valence-electron chi connectivity index (χ2n) is 6.46. The van der Waals surface area contributed by atoms with Crippen molar-refractivity contribution in [3.63, 3.8) is 0 Å². The van der Waals surface area contributed by atoms with Crippen LogP contribution in [0.15, 0.2) is 60.8 Å². The molecule has 0 saturated heterocycles. The van der Waals surface area contributed by atoms with Crippen LogP contribution in [0.25, 0.3) is 16.6 Å². The Morgan fingerprint density at radius 3 is 2.39 bits per heavy atom. The molecule has 0 N–H and O–H groups in total. The molecule has 0 amide bonds. The first-order chi connectivity index (χ1) is 13.6. The monoisotopic (exact) mass is 376 g/mol. The Labute approximate surface area is 161 Å². The van der Waals surface area contributed by atoms with Crippen molar-refractivity contribution < 1.29 is 19.1 Å². The van der Waals surface area contributed by atoms with Crippen molar-refractivity contribution in [1.82, 2.24) is 8.97 Å². The van der Waals surface area contributed by atoms with Gasteiger partial charge in [0.25, 0.3) is 0 Å². The molecule has 0 spiro atoms. The van der Waals surface area contributed by atoms with E-state index in [0.717, 1.165) is 16.5 Å². The number of nitrogens with zero attached hydrogens (tertiary/aromatic N) is 2. The van der Waals surface area contributed by atoms with Crippen LogP contribution in [0.5, 0.6) is 0 Å². The molecule has 0 unspecified atom stereocenters. The van der Waals surface area contributed by atoms with Gasteiger partial charge in [0.15, 0.2) is 0 Å². The molecule has 2 heterocycles. The zero-order valence-corrected chi connectivity index (χ0v) is 15.7. The van der Waals surface area contributed by atoms with E-state index in [-0.39, 0.29) is 13.2 Å². The summed E-state index contributed by atoms with van der Waals surface area (Å²) in [5, 5.41) is 0.734. The third-order valence-electron chi connectivity index (χ3n) is 4.64. The third kappa shape index (κ3) is 2.93. The lowest BCUT2D eigenvalue weighted by Gasteiger charge is -2.05. The second kappa shape index (κ2) is 7.23. The van der Waals surface area contributed by atoms with E-state index in [1.807, 2.05) is 54.6 Å². The average Bonchev–Trinajstić information content (AvgIpc) is 3.23. The van der Waals surface area contributed by atoms with Crippen molar-refractivity contribution in [1.29, 1.82) is 0 Å². The van der Waals surface area contributed by atoms with Gasteiger partial charge in [0.2, 0.25) is 0 Å². The van der Waals surface area contributed by atoms with Gasteiger partial charge in [-0.15, -0.1) is 0 Å². The van der Waals surface area contributed by atoms with Crippen LogP contribution in [0.2, 0.25) is 0 Å². The molecule has 6 nitrogen and oxygen atoms in total. The number of aryl methyl sites for hydroxylation is 1. The van der Waals surface area contributed by atoms with Crippen molar-refractivity contribution in [3.05, 3.63) is 77.6 Å². The quantitative estimate of drug-likeness (QED) is 0.495. The van der Waals surface area contributed by atoms with Gasteiger partial charge in [-0.05, 0) is 18.6 Å². The Morgan fingerprint density at radius 1 is 0.929 bits per heavy atom. The normalized spacial score (nSPS) is 11.1. The molecule has 4 aromatic rings. The fourth-order valence-electron chi connectivity index (χ4n) is 3.45. The van der Waals surface area contributed by atoms with Crippen LogP contribution in [0.3, 0.4) is 0 Å². The average molecular weight is 376 g/mol. The molecule has 142 valence electrons. The van der Waals surface area contributed by atoms with Crippen LogP contribution in [0.4, 0.5) is 0 Å². The number of hydrogen-bond donors (Lipinski definition) is 0. The fourth-order valence-corrected chi connectivity index (χ4v) is 3.45. The van der Waals surface area contributed by atoms with Crippen molar-refractivity contribution in [2.45, 2.75) is 13.5 Å². The largest absolute Gasteiger partial charge is 0.461 e. The highest BCUT2D eigenvalue weighted by Crippen LogP contribution is 2.30. The minimum absolute atomic E-state index is 0.181. The summed E-state index contributed by atoms with van der Waals surface area (Å²) in [6.45, 7) is 2.22. The summed E-state index contributed by atoms with van der Waals surface area (Å²) in [6, 6.07) is 17.0. The topological polar surface area (TPSA) is 61.9 Å². The standard InChI is InChI=1S/C22H20N2O4/c1-3-27-21(25)18-13-23(2)20-19(16-11-7-8-12-17(16)24(18)20)22(26)28-14-15-9-5-4-6-10-15/h4-13H,3,14H2,1-2H3. The molecule has 0 aliphatic heterocycles. The summed E-state index contributed by atoms with van der Waals surface area (Å²) in [5.74, 6) is -0.864. The first kappa shape index (κ1) is 17.9. The van der Waals surface area contributed by atoms with Crippen LogP contribution >= 0.6 is 0 Å². The summed E-state index contributed by atoms with van der Waals surface area (Å²) in [4.78, 5) is 25.4. The van der Waals surface area contributed by atoms with E-state index in [1.165, 1.54) is 0 Å². The molecule has 0 fully saturated rings. The lowest BCUT2D eigenvalue weighted by atomic mass is 10.1. The predicted molar refractivity (Wildman–Crippen MR) is 105 cm³/mol. The second-order valence-corrected chi connectivity index (χ2v) is 6.46. The molecule has 2 aromatic heterocycles. The summed E-state index contributed by atoms with van der Waals surface area (Å²) in [6.07, 6.45) is 1.67. The first-order valence-corrected chi connectivity index (χ1v) is 9.08. The highest BCUT2D eigenvalue weighted by molar-refractivity contribution is 6.12. The molecule has 0 aliphatic carbocycles. The summed E-state index contributed by atoms with van der Waals surface area (Å²) in [7, 11) is 1.80. The summed E-state index contributed by atoms with van der Waals surface area (Å²) >= 11 is 0. The lowest BCUT2D eigenvalue weighted by molar-refractivity contribution is 0.0474. The van der Waals surface area contributed by atoms with E-state index in [4.69, 9.17) is 9.47 Å². The molecule has 0 saturated carbocycles. The van der Waals surface area contributed by atoms with Crippen LogP contribution in [0, 0.1) is 0 Å². The van der Waals surface area contributed by atoms with Gasteiger partial charge in [-0.2, -0.15) is 0 Å². The number of aromatic nitrogens is 2.